The minimum Gasteiger partial charge on any atom is -0.495 e. The van der Waals surface area contributed by atoms with E-state index in [1.807, 2.05) is 138 Å². The Kier molecular flexibility index (Phi) is 22.9. The van der Waals surface area contributed by atoms with Gasteiger partial charge in [-0.15, -0.1) is 0 Å². The van der Waals surface area contributed by atoms with Crippen LogP contribution in [0.4, 0.5) is 32.5 Å². The van der Waals surface area contributed by atoms with Crippen LogP contribution in [0.5, 0.6) is 11.5 Å². The molecule has 17 aromatic rings. The van der Waals surface area contributed by atoms with E-state index in [0.29, 0.717) is 98.1 Å². The lowest BCUT2D eigenvalue weighted by atomic mass is 9.81. The van der Waals surface area contributed by atoms with Gasteiger partial charge in [-0.05, 0) is 160 Å². The lowest BCUT2D eigenvalue weighted by Crippen LogP contribution is -2.41. The number of hydrogen-bond acceptors (Lipinski definition) is 18. The number of nitrogens with one attached hydrogen (secondary N) is 4. The maximum Gasteiger partial charge on any atom is 0.319 e. The van der Waals surface area contributed by atoms with Crippen molar-refractivity contribution in [2.45, 2.75) is 101 Å². The van der Waals surface area contributed by atoms with E-state index < -0.39 is 17.9 Å². The first-order valence-electron chi connectivity index (χ1n) is 42.0. The molecular formula is C93H91Br2FN22O9. The fourth-order valence-electron chi connectivity index (χ4n) is 18.6. The Balaban J connectivity index is 0.000000115. The highest BCUT2D eigenvalue weighted by molar-refractivity contribution is 9.11. The zero-order valence-electron chi connectivity index (χ0n) is 69.7. The van der Waals surface area contributed by atoms with Crippen molar-refractivity contribution in [3.8, 4) is 68.2 Å². The SMILES string of the molecule is COc1ccc(Br)c2cc(-c3nc(C4CCC(C(=O)O)CC4)n4ccnc(N)c34)[nH]c12.COc1cccc2cc(-c3nc(C4=CCN(C(=O)N(C)C)CC4)n4ccnc(N)c34)[nH]c12.Nc1nccn2c(C3CCC(C(=O)O)CC3)nc(-c3cc4cccc(-c5ccccc5F)c4[nH]3)c12.Nc1nccn2c(C3CCC(C(=O)O)CC3)nc(-c3cc4cccc(Br)c4[nH]3)c12. The molecule has 21 rings (SSSR count). The van der Waals surface area contributed by atoms with Crippen LogP contribution >= 0.6 is 31.9 Å². The number of carbonyl (C=O) groups is 4. The van der Waals surface area contributed by atoms with E-state index in [-0.39, 0.29) is 47.4 Å². The highest BCUT2D eigenvalue weighted by atomic mass is 79.9. The number of hydrogen-bond donors (Lipinski definition) is 11. The van der Waals surface area contributed by atoms with E-state index in [9.17, 15) is 38.9 Å². The monoisotopic (exact) mass is 1840 g/mol. The minimum absolute atomic E-state index is 0.00873. The van der Waals surface area contributed by atoms with E-state index in [1.54, 1.807) is 70.1 Å². The third-order valence-corrected chi connectivity index (χ3v) is 26.4. The lowest BCUT2D eigenvalue weighted by molar-refractivity contribution is -0.143. The van der Waals surface area contributed by atoms with Crippen molar-refractivity contribution < 1.29 is 48.4 Å². The van der Waals surface area contributed by atoms with Gasteiger partial charge in [-0.2, -0.15) is 0 Å². The van der Waals surface area contributed by atoms with E-state index in [0.717, 1.165) is 193 Å². The lowest BCUT2D eigenvalue weighted by Gasteiger charge is -2.28. The summed E-state index contributed by atoms with van der Waals surface area (Å²) in [7, 11) is 6.83. The van der Waals surface area contributed by atoms with Crippen molar-refractivity contribution in [3.05, 3.63) is 209 Å². The summed E-state index contributed by atoms with van der Waals surface area (Å²) in [4.78, 5) is 101. The summed E-state index contributed by atoms with van der Waals surface area (Å²) < 4.78 is 35.5. The molecule has 13 heterocycles. The Morgan fingerprint density at radius 1 is 0.457 bits per heavy atom. The van der Waals surface area contributed by atoms with Crippen LogP contribution in [-0.2, 0) is 14.4 Å². The zero-order valence-corrected chi connectivity index (χ0v) is 72.9. The number of aliphatic carboxylic acids is 3. The molecule has 12 aromatic heterocycles. The summed E-state index contributed by atoms with van der Waals surface area (Å²) in [6.45, 7) is 1.18. The second-order valence-corrected chi connectivity index (χ2v) is 34.5. The first-order valence-corrected chi connectivity index (χ1v) is 43.6. The molecule has 0 spiro atoms. The van der Waals surface area contributed by atoms with E-state index in [1.165, 1.54) is 6.07 Å². The standard InChI is InChI=1S/C27H24FN5O2.C23H25N7O2.C22H22BrN5O3.C21H20BrN5O2/c28-20-7-2-1-5-18(20)19-6-3-4-17-14-21(31-22(17)19)23-24-25(29)30-12-13-33(24)26(32-23)15-8-10-16(11-9-15)27(34)35;1-28(2)23(31)29-10-7-14(8-11-29)22-27-19(20-21(24)25-9-12-30(20)22)16-13-15-5-4-6-17(32-3)18(15)26-16;1-31-16-7-6-14(23)13-10-15(26-17(13)16)18-19-20(24)25-8-9-28(19)21(27-18)11-2-4-12(5-3-11)22(29)30;22-14-3-1-2-13-10-15(25-16(13)14)17-18-19(23)24-8-9-27(18)20(26-17)11-4-6-12(7-5-11)21(28)29/h1-7,12-16,31H,8-11H2,(H2,29,30)(H,34,35);4-7,9,12-13,26H,8,10-11H2,1-3H3,(H2,24,25);6-12,26H,2-5H2,1H3,(H2,24,25)(H,29,30);1-3,8-12,25H,4-7H2,(H2,23,24)(H,28,29). The quantitative estimate of drug-likeness (QED) is 0.0482. The molecule has 1 aliphatic heterocycles. The first kappa shape index (κ1) is 83.7. The number of imidazole rings is 4. The summed E-state index contributed by atoms with van der Waals surface area (Å²) in [5.74, 6) is 3.87. The molecule has 127 heavy (non-hydrogen) atoms. The number of fused-ring (bicyclic) bond motifs is 8. The number of rotatable bonds is 14. The van der Waals surface area contributed by atoms with Crippen molar-refractivity contribution in [2.24, 2.45) is 17.8 Å². The molecule has 0 bridgehead atoms. The maximum absolute atomic E-state index is 14.6. The van der Waals surface area contributed by atoms with E-state index in [4.69, 9.17) is 52.3 Å². The molecule has 31 nitrogen and oxygen atoms in total. The number of carbonyl (C=O) groups excluding carboxylic acids is 1. The number of nitrogen functional groups attached to an aromatic ring is 4. The fourth-order valence-corrected chi connectivity index (χ4v) is 19.5. The number of aromatic nitrogens is 16. The summed E-state index contributed by atoms with van der Waals surface area (Å²) in [5, 5.41) is 32.0. The Hall–Kier alpha value is -14.2. The number of benzene rings is 5. The van der Waals surface area contributed by atoms with E-state index in [2.05, 4.69) is 83.9 Å². The Bertz CT molecular complexity index is 7170. The van der Waals surface area contributed by atoms with Gasteiger partial charge in [0.1, 0.15) is 109 Å². The van der Waals surface area contributed by atoms with Gasteiger partial charge < -0.3 is 77.5 Å². The Labute approximate surface area is 741 Å². The van der Waals surface area contributed by atoms with Crippen molar-refractivity contribution in [2.75, 3.05) is 64.3 Å². The van der Waals surface area contributed by atoms with Gasteiger partial charge in [0.2, 0.25) is 0 Å². The smallest absolute Gasteiger partial charge is 0.319 e. The average molecular weight is 1840 g/mol. The van der Waals surface area contributed by atoms with Crippen LogP contribution in [-0.4, -0.2) is 168 Å². The number of aromatic amines is 4. The molecule has 0 saturated heterocycles. The van der Waals surface area contributed by atoms with Gasteiger partial charge in [-0.1, -0.05) is 82.7 Å². The number of ether oxygens (including phenoxy) is 2. The average Bonchev–Trinajstić information content (AvgIpc) is 1.61. The summed E-state index contributed by atoms with van der Waals surface area (Å²) in [5.41, 5.74) is 40.4. The van der Waals surface area contributed by atoms with Gasteiger partial charge in [-0.3, -0.25) is 32.0 Å². The van der Waals surface area contributed by atoms with Crippen LogP contribution in [0.1, 0.15) is 125 Å². The number of para-hydroxylation sites is 3. The zero-order chi connectivity index (χ0) is 88.3. The molecular weight excluding hydrogens is 1750 g/mol. The van der Waals surface area contributed by atoms with Crippen molar-refractivity contribution in [1.82, 2.24) is 87.2 Å². The van der Waals surface area contributed by atoms with Crippen LogP contribution in [0, 0.1) is 23.6 Å². The molecule has 648 valence electrons. The first-order chi connectivity index (χ1) is 61.5. The second-order valence-electron chi connectivity index (χ2n) is 32.8. The largest absolute Gasteiger partial charge is 0.495 e. The molecule has 15 N–H and O–H groups in total. The van der Waals surface area contributed by atoms with Crippen LogP contribution in [0.2, 0.25) is 0 Å². The molecule has 4 aliphatic rings. The fraction of sp³-hybridized carbons (Fsp3) is 0.269. The number of methoxy groups -OCH3 is 2. The normalized spacial score (nSPS) is 17.8. The number of nitrogens with zero attached hydrogens (tertiary/aromatic N) is 14. The molecule has 0 unspecified atom stereocenters. The Morgan fingerprint density at radius 3 is 1.31 bits per heavy atom. The second kappa shape index (κ2) is 34.8. The summed E-state index contributed by atoms with van der Waals surface area (Å²) in [6, 6.07) is 36.5. The molecule has 0 radical (unpaired) electrons. The predicted octanol–water partition coefficient (Wildman–Crippen LogP) is 18.0. The highest BCUT2D eigenvalue weighted by Crippen LogP contribution is 2.46. The molecule has 5 aromatic carbocycles. The molecule has 0 atom stereocenters. The van der Waals surface area contributed by atoms with Crippen LogP contribution in [0.25, 0.3) is 128 Å². The number of amides is 2. The number of carboxylic acid groups (broad SMARTS) is 3. The van der Waals surface area contributed by atoms with Crippen molar-refractivity contribution in [1.29, 1.82) is 0 Å². The van der Waals surface area contributed by atoms with Crippen LogP contribution in [0.3, 0.4) is 0 Å². The minimum atomic E-state index is -0.728. The Morgan fingerprint density at radius 2 is 0.858 bits per heavy atom. The van der Waals surface area contributed by atoms with Gasteiger partial charge in [0, 0.05) is 136 Å². The maximum atomic E-state index is 14.6. The van der Waals surface area contributed by atoms with Crippen LogP contribution in [0.15, 0.2) is 180 Å². The topological polar surface area (TPSA) is 442 Å². The molecule has 3 aliphatic carbocycles. The third-order valence-electron chi connectivity index (χ3n) is 25.1. The molecule has 3 saturated carbocycles. The highest BCUT2D eigenvalue weighted by Gasteiger charge is 2.36. The number of H-pyrrole nitrogens is 4. The predicted molar refractivity (Wildman–Crippen MR) is 493 cm³/mol. The van der Waals surface area contributed by atoms with Gasteiger partial charge in [0.15, 0.2) is 0 Å². The number of anilines is 4. The number of nitrogens with two attached hydrogens (primary N) is 4. The van der Waals surface area contributed by atoms with Crippen LogP contribution < -0.4 is 32.4 Å². The number of urea groups is 1. The van der Waals surface area contributed by atoms with Crippen molar-refractivity contribution >= 4 is 150 Å². The molecule has 2 amide bonds. The van der Waals surface area contributed by atoms with Crippen molar-refractivity contribution in [3.63, 3.8) is 0 Å². The van der Waals surface area contributed by atoms with Gasteiger partial charge in [0.25, 0.3) is 0 Å². The number of halogens is 3. The summed E-state index contributed by atoms with van der Waals surface area (Å²) >= 11 is 7.20. The van der Waals surface area contributed by atoms with E-state index >= 15 is 0 Å². The van der Waals surface area contributed by atoms with Gasteiger partial charge in [-0.25, -0.2) is 49.1 Å². The van der Waals surface area contributed by atoms with Gasteiger partial charge in [0.05, 0.1) is 76.8 Å². The summed E-state index contributed by atoms with van der Waals surface area (Å²) in [6.07, 6.45) is 25.5. The third kappa shape index (κ3) is 15.8. The van der Waals surface area contributed by atoms with Gasteiger partial charge >= 0.3 is 23.9 Å². The molecule has 3 fully saturated rings. The molecule has 34 heteroatoms. The number of carboxylic acids is 3.